The topological polar surface area (TPSA) is 76.1 Å². The maximum absolute atomic E-state index is 12.6. The maximum Gasteiger partial charge on any atom is 0.270 e. The van der Waals surface area contributed by atoms with E-state index < -0.39 is 0 Å². The van der Waals surface area contributed by atoms with E-state index in [1.165, 1.54) is 0 Å². The molecule has 138 valence electrons. The van der Waals surface area contributed by atoms with Crippen molar-refractivity contribution in [2.45, 2.75) is 19.9 Å². The number of methoxy groups -OCH3 is 1. The number of amides is 1. The van der Waals surface area contributed by atoms with Crippen LogP contribution in [0.4, 0.5) is 11.6 Å². The van der Waals surface area contributed by atoms with Gasteiger partial charge in [0.15, 0.2) is 0 Å². The molecule has 0 spiro atoms. The SMILES string of the molecule is COc1cccc(Nc2nc(C)cc(C(=O)NC(C)c3ccccc3)n2)c1. The molecule has 2 aromatic carbocycles. The van der Waals surface area contributed by atoms with E-state index >= 15 is 0 Å². The largest absolute Gasteiger partial charge is 0.497 e. The molecule has 0 saturated heterocycles. The predicted octanol–water partition coefficient (Wildman–Crippen LogP) is 4.03. The van der Waals surface area contributed by atoms with Crippen molar-refractivity contribution in [3.63, 3.8) is 0 Å². The van der Waals surface area contributed by atoms with Crippen LogP contribution >= 0.6 is 0 Å². The van der Waals surface area contributed by atoms with Crippen molar-refractivity contribution in [1.29, 1.82) is 0 Å². The molecular formula is C21H22N4O2. The van der Waals surface area contributed by atoms with Gasteiger partial charge in [0.2, 0.25) is 5.95 Å². The molecule has 3 aromatic rings. The molecule has 3 rings (SSSR count). The Labute approximate surface area is 158 Å². The van der Waals surface area contributed by atoms with Crippen LogP contribution < -0.4 is 15.4 Å². The number of carbonyl (C=O) groups excluding carboxylic acids is 1. The summed E-state index contributed by atoms with van der Waals surface area (Å²) in [6.07, 6.45) is 0. The number of carbonyl (C=O) groups is 1. The number of anilines is 2. The molecule has 6 heteroatoms. The van der Waals surface area contributed by atoms with E-state index in [0.717, 1.165) is 17.0 Å². The normalized spacial score (nSPS) is 11.5. The van der Waals surface area contributed by atoms with Gasteiger partial charge in [-0.05, 0) is 37.6 Å². The van der Waals surface area contributed by atoms with Gasteiger partial charge in [0.05, 0.1) is 13.2 Å². The van der Waals surface area contributed by atoms with Gasteiger partial charge in [-0.3, -0.25) is 4.79 Å². The molecular weight excluding hydrogens is 340 g/mol. The summed E-state index contributed by atoms with van der Waals surface area (Å²) in [5.41, 5.74) is 2.83. The Morgan fingerprint density at radius 1 is 1.04 bits per heavy atom. The Balaban J connectivity index is 1.77. The lowest BCUT2D eigenvalue weighted by atomic mass is 10.1. The minimum atomic E-state index is -0.245. The van der Waals surface area contributed by atoms with Gasteiger partial charge in [0.1, 0.15) is 11.4 Å². The maximum atomic E-state index is 12.6. The molecule has 27 heavy (non-hydrogen) atoms. The van der Waals surface area contributed by atoms with Crippen LogP contribution in [0.15, 0.2) is 60.7 Å². The van der Waals surface area contributed by atoms with Crippen molar-refractivity contribution in [2.24, 2.45) is 0 Å². The predicted molar refractivity (Wildman–Crippen MR) is 105 cm³/mol. The minimum absolute atomic E-state index is 0.122. The highest BCUT2D eigenvalue weighted by atomic mass is 16.5. The van der Waals surface area contributed by atoms with Crippen LogP contribution in [0.25, 0.3) is 0 Å². The van der Waals surface area contributed by atoms with Gasteiger partial charge >= 0.3 is 0 Å². The van der Waals surface area contributed by atoms with E-state index in [4.69, 9.17) is 4.74 Å². The molecule has 1 amide bonds. The van der Waals surface area contributed by atoms with Crippen molar-refractivity contribution >= 4 is 17.5 Å². The molecule has 1 unspecified atom stereocenters. The third-order valence-electron chi connectivity index (χ3n) is 4.06. The molecule has 0 saturated carbocycles. The lowest BCUT2D eigenvalue weighted by Crippen LogP contribution is -2.27. The summed E-state index contributed by atoms with van der Waals surface area (Å²) in [6, 6.07) is 18.8. The minimum Gasteiger partial charge on any atom is -0.497 e. The van der Waals surface area contributed by atoms with Crippen molar-refractivity contribution in [3.05, 3.63) is 77.6 Å². The van der Waals surface area contributed by atoms with Crippen LogP contribution in [0, 0.1) is 6.92 Å². The Hall–Kier alpha value is -3.41. The van der Waals surface area contributed by atoms with Crippen molar-refractivity contribution in [3.8, 4) is 5.75 Å². The van der Waals surface area contributed by atoms with Crippen molar-refractivity contribution in [2.75, 3.05) is 12.4 Å². The van der Waals surface area contributed by atoms with E-state index in [2.05, 4.69) is 20.6 Å². The smallest absolute Gasteiger partial charge is 0.270 e. The second kappa shape index (κ2) is 8.31. The van der Waals surface area contributed by atoms with E-state index in [9.17, 15) is 4.79 Å². The quantitative estimate of drug-likeness (QED) is 0.692. The summed E-state index contributed by atoms with van der Waals surface area (Å²) in [5, 5.41) is 6.09. The summed E-state index contributed by atoms with van der Waals surface area (Å²) in [6.45, 7) is 3.77. The van der Waals surface area contributed by atoms with Crippen LogP contribution in [0.1, 0.15) is 34.7 Å². The first-order valence-corrected chi connectivity index (χ1v) is 8.68. The van der Waals surface area contributed by atoms with Crippen molar-refractivity contribution in [1.82, 2.24) is 15.3 Å². The molecule has 0 aliphatic heterocycles. The van der Waals surface area contributed by atoms with Crippen LogP contribution in [0.2, 0.25) is 0 Å². The zero-order chi connectivity index (χ0) is 19.2. The Morgan fingerprint density at radius 3 is 2.56 bits per heavy atom. The zero-order valence-electron chi connectivity index (χ0n) is 15.6. The number of benzene rings is 2. The second-order valence-corrected chi connectivity index (χ2v) is 6.18. The fourth-order valence-electron chi connectivity index (χ4n) is 2.67. The first-order valence-electron chi connectivity index (χ1n) is 8.68. The third-order valence-corrected chi connectivity index (χ3v) is 4.06. The lowest BCUT2D eigenvalue weighted by Gasteiger charge is -2.14. The number of rotatable bonds is 6. The highest BCUT2D eigenvalue weighted by Gasteiger charge is 2.14. The Kier molecular flexibility index (Phi) is 5.66. The average Bonchev–Trinajstić information content (AvgIpc) is 2.68. The fourth-order valence-corrected chi connectivity index (χ4v) is 2.67. The molecule has 0 fully saturated rings. The van der Waals surface area contributed by atoms with E-state index in [1.54, 1.807) is 13.2 Å². The molecule has 1 aromatic heterocycles. The highest BCUT2D eigenvalue weighted by Crippen LogP contribution is 2.20. The van der Waals surface area contributed by atoms with Crippen LogP contribution in [0.3, 0.4) is 0 Å². The lowest BCUT2D eigenvalue weighted by molar-refractivity contribution is 0.0934. The number of nitrogens with one attached hydrogen (secondary N) is 2. The first-order chi connectivity index (χ1) is 13.0. The van der Waals surface area contributed by atoms with Crippen LogP contribution in [0.5, 0.6) is 5.75 Å². The Bertz CT molecular complexity index is 928. The van der Waals surface area contributed by atoms with E-state index in [-0.39, 0.29) is 11.9 Å². The van der Waals surface area contributed by atoms with Crippen LogP contribution in [-0.4, -0.2) is 23.0 Å². The summed E-state index contributed by atoms with van der Waals surface area (Å²) >= 11 is 0. The molecule has 1 heterocycles. The molecule has 1 atom stereocenters. The molecule has 6 nitrogen and oxygen atoms in total. The van der Waals surface area contributed by atoms with E-state index in [0.29, 0.717) is 17.3 Å². The summed E-state index contributed by atoms with van der Waals surface area (Å²) < 4.78 is 5.22. The van der Waals surface area contributed by atoms with Gasteiger partial charge in [-0.25, -0.2) is 9.97 Å². The van der Waals surface area contributed by atoms with Gasteiger partial charge < -0.3 is 15.4 Å². The van der Waals surface area contributed by atoms with Crippen LogP contribution in [-0.2, 0) is 0 Å². The number of hydrogen-bond donors (Lipinski definition) is 2. The number of nitrogens with zero attached hydrogens (tertiary/aromatic N) is 2. The average molecular weight is 362 g/mol. The molecule has 2 N–H and O–H groups in total. The summed E-state index contributed by atoms with van der Waals surface area (Å²) in [4.78, 5) is 21.4. The van der Waals surface area contributed by atoms with Gasteiger partial charge in [0, 0.05) is 17.4 Å². The standard InChI is InChI=1S/C21H22N4O2/c1-14-12-19(20(26)23-15(2)16-8-5-4-6-9-16)25-21(22-14)24-17-10-7-11-18(13-17)27-3/h4-13,15H,1-3H3,(H,23,26)(H,22,24,25). The fraction of sp³-hybridized carbons (Fsp3) is 0.190. The third kappa shape index (κ3) is 4.82. The number of aryl methyl sites for hydroxylation is 1. The van der Waals surface area contributed by atoms with Crippen molar-refractivity contribution < 1.29 is 9.53 Å². The zero-order valence-corrected chi connectivity index (χ0v) is 15.6. The highest BCUT2D eigenvalue weighted by molar-refractivity contribution is 5.93. The monoisotopic (exact) mass is 362 g/mol. The second-order valence-electron chi connectivity index (χ2n) is 6.18. The van der Waals surface area contributed by atoms with Gasteiger partial charge in [-0.15, -0.1) is 0 Å². The molecule has 0 aliphatic rings. The first kappa shape index (κ1) is 18.4. The molecule has 0 bridgehead atoms. The van der Waals surface area contributed by atoms with Gasteiger partial charge in [-0.2, -0.15) is 0 Å². The summed E-state index contributed by atoms with van der Waals surface area (Å²) in [7, 11) is 1.61. The Morgan fingerprint density at radius 2 is 1.81 bits per heavy atom. The van der Waals surface area contributed by atoms with Gasteiger partial charge in [0.25, 0.3) is 5.91 Å². The summed E-state index contributed by atoms with van der Waals surface area (Å²) in [5.74, 6) is 0.841. The molecule has 0 radical (unpaired) electrons. The van der Waals surface area contributed by atoms with E-state index in [1.807, 2.05) is 68.4 Å². The number of hydrogen-bond acceptors (Lipinski definition) is 5. The number of aromatic nitrogens is 2. The number of ether oxygens (including phenoxy) is 1. The molecule has 0 aliphatic carbocycles. The van der Waals surface area contributed by atoms with Gasteiger partial charge in [-0.1, -0.05) is 36.4 Å².